The van der Waals surface area contributed by atoms with Gasteiger partial charge >= 0.3 is 0 Å². The number of aldehydes is 1. The summed E-state index contributed by atoms with van der Waals surface area (Å²) in [6.07, 6.45) is 5.83. The Kier molecular flexibility index (Phi) is 3.05. The Labute approximate surface area is 91.9 Å². The van der Waals surface area contributed by atoms with Crippen LogP contribution < -0.4 is 0 Å². The second-order valence-electron chi connectivity index (χ2n) is 2.95. The Balaban J connectivity index is 2.28. The first-order valence-electron chi connectivity index (χ1n) is 4.52. The first-order chi connectivity index (χ1) is 7.40. The van der Waals surface area contributed by atoms with Crippen molar-refractivity contribution in [1.29, 1.82) is 0 Å². The second-order valence-corrected chi connectivity index (χ2v) is 3.87. The number of allylic oxidation sites excluding steroid dienone is 1. The number of hydrogen-bond donors (Lipinski definition) is 0. The van der Waals surface area contributed by atoms with Crippen molar-refractivity contribution in [3.63, 3.8) is 0 Å². The third kappa shape index (κ3) is 2.39. The van der Waals surface area contributed by atoms with E-state index in [1.54, 1.807) is 23.6 Å². The van der Waals surface area contributed by atoms with Gasteiger partial charge in [0.25, 0.3) is 0 Å². The highest BCUT2D eigenvalue weighted by molar-refractivity contribution is 7.13. The predicted molar refractivity (Wildman–Crippen MR) is 62.6 cm³/mol. The van der Waals surface area contributed by atoms with Crippen molar-refractivity contribution in [3.05, 3.63) is 47.5 Å². The molecule has 0 saturated carbocycles. The lowest BCUT2D eigenvalue weighted by Crippen LogP contribution is -1.75. The van der Waals surface area contributed by atoms with Crippen LogP contribution in [-0.4, -0.2) is 11.3 Å². The summed E-state index contributed by atoms with van der Waals surface area (Å²) in [6.45, 7) is 0. The number of hydrogen-bond acceptors (Lipinski definition) is 3. The molecule has 2 rings (SSSR count). The fourth-order valence-electron chi connectivity index (χ4n) is 1.23. The Morgan fingerprint density at radius 2 is 2.27 bits per heavy atom. The van der Waals surface area contributed by atoms with Gasteiger partial charge in [-0.1, -0.05) is 12.1 Å². The summed E-state index contributed by atoms with van der Waals surface area (Å²) >= 11 is 1.62. The minimum absolute atomic E-state index is 0.776. The number of thiophene rings is 1. The number of nitrogens with zero attached hydrogens (tertiary/aromatic N) is 1. The molecule has 15 heavy (non-hydrogen) atoms. The summed E-state index contributed by atoms with van der Waals surface area (Å²) in [7, 11) is 0. The van der Waals surface area contributed by atoms with Crippen molar-refractivity contribution in [2.75, 3.05) is 0 Å². The monoisotopic (exact) mass is 215 g/mol. The van der Waals surface area contributed by atoms with E-state index in [2.05, 4.69) is 4.98 Å². The van der Waals surface area contributed by atoms with E-state index in [0.29, 0.717) is 0 Å². The van der Waals surface area contributed by atoms with Crippen molar-refractivity contribution in [2.24, 2.45) is 0 Å². The van der Waals surface area contributed by atoms with Gasteiger partial charge in [-0.3, -0.25) is 9.78 Å². The maximum atomic E-state index is 10.2. The van der Waals surface area contributed by atoms with Crippen LogP contribution in [0, 0.1) is 0 Å². The van der Waals surface area contributed by atoms with Crippen molar-refractivity contribution in [3.8, 4) is 10.6 Å². The molecule has 0 aliphatic carbocycles. The fraction of sp³-hybridized carbons (Fsp3) is 0. The largest absolute Gasteiger partial charge is 0.299 e. The highest BCUT2D eigenvalue weighted by atomic mass is 32.1. The number of pyridine rings is 1. The molecule has 0 saturated heterocycles. The Hall–Kier alpha value is -1.74. The average Bonchev–Trinajstić information content (AvgIpc) is 2.76. The van der Waals surface area contributed by atoms with Crippen LogP contribution in [0.25, 0.3) is 16.6 Å². The lowest BCUT2D eigenvalue weighted by molar-refractivity contribution is -0.104. The Morgan fingerprint density at radius 1 is 1.33 bits per heavy atom. The smallest absolute Gasteiger partial charge is 0.142 e. The van der Waals surface area contributed by atoms with Crippen LogP contribution >= 0.6 is 11.3 Å². The van der Waals surface area contributed by atoms with Crippen LogP contribution in [0.5, 0.6) is 0 Å². The molecule has 2 nitrogen and oxygen atoms in total. The van der Waals surface area contributed by atoms with Gasteiger partial charge in [-0.2, -0.15) is 0 Å². The van der Waals surface area contributed by atoms with Crippen LogP contribution in [0.2, 0.25) is 0 Å². The first kappa shape index (κ1) is 9.80. The van der Waals surface area contributed by atoms with Crippen LogP contribution in [0.4, 0.5) is 0 Å². The molecular weight excluding hydrogens is 206 g/mol. The predicted octanol–water partition coefficient (Wildman–Crippen LogP) is 3.02. The lowest BCUT2D eigenvalue weighted by atomic mass is 10.2. The highest BCUT2D eigenvalue weighted by Gasteiger charge is 2.00. The molecule has 3 heteroatoms. The van der Waals surface area contributed by atoms with Gasteiger partial charge in [0.1, 0.15) is 6.29 Å². The van der Waals surface area contributed by atoms with E-state index in [1.165, 1.54) is 6.08 Å². The maximum absolute atomic E-state index is 10.2. The van der Waals surface area contributed by atoms with E-state index in [9.17, 15) is 4.79 Å². The molecule has 0 bridgehead atoms. The van der Waals surface area contributed by atoms with Gasteiger partial charge in [0.2, 0.25) is 0 Å². The van der Waals surface area contributed by atoms with Gasteiger partial charge in [0.05, 0.1) is 10.6 Å². The van der Waals surface area contributed by atoms with Gasteiger partial charge in [-0.25, -0.2) is 0 Å². The molecule has 0 aliphatic rings. The zero-order chi connectivity index (χ0) is 10.5. The molecule has 0 spiro atoms. The van der Waals surface area contributed by atoms with Crippen LogP contribution in [0.1, 0.15) is 5.56 Å². The summed E-state index contributed by atoms with van der Waals surface area (Å²) in [6, 6.07) is 7.85. The number of carbonyl (C=O) groups is 1. The molecule has 0 fully saturated rings. The molecule has 2 aromatic rings. The molecular formula is C12H9NOS. The van der Waals surface area contributed by atoms with E-state index in [-0.39, 0.29) is 0 Å². The van der Waals surface area contributed by atoms with E-state index in [1.807, 2.05) is 29.6 Å². The van der Waals surface area contributed by atoms with E-state index in [4.69, 9.17) is 0 Å². The molecule has 0 N–H and O–H groups in total. The zero-order valence-electron chi connectivity index (χ0n) is 7.96. The van der Waals surface area contributed by atoms with E-state index < -0.39 is 0 Å². The number of carbonyl (C=O) groups excluding carboxylic acids is 1. The van der Waals surface area contributed by atoms with E-state index >= 15 is 0 Å². The zero-order valence-corrected chi connectivity index (χ0v) is 8.78. The molecule has 0 unspecified atom stereocenters. The van der Waals surface area contributed by atoms with Gasteiger partial charge < -0.3 is 0 Å². The molecule has 2 aromatic heterocycles. The molecule has 0 aliphatic heterocycles. The molecule has 0 atom stereocenters. The standard InChI is InChI=1S/C12H9NOS/c14-7-3-4-10-8-12(15-9-10)11-5-1-2-6-13-11/h1-9H. The molecule has 0 radical (unpaired) electrons. The molecule has 2 heterocycles. The SMILES string of the molecule is O=CC=Cc1csc(-c2ccccn2)c1. The normalized spacial score (nSPS) is 10.7. The number of aromatic nitrogens is 1. The summed E-state index contributed by atoms with van der Waals surface area (Å²) in [5, 5.41) is 2.00. The lowest BCUT2D eigenvalue weighted by Gasteiger charge is -1.92. The summed E-state index contributed by atoms with van der Waals surface area (Å²) in [5.41, 5.74) is 2.00. The highest BCUT2D eigenvalue weighted by Crippen LogP contribution is 2.25. The fourth-order valence-corrected chi connectivity index (χ4v) is 2.09. The minimum atomic E-state index is 0.776. The Morgan fingerprint density at radius 3 is 3.00 bits per heavy atom. The summed E-state index contributed by atoms with van der Waals surface area (Å²) < 4.78 is 0. The van der Waals surface area contributed by atoms with Crippen molar-refractivity contribution in [2.45, 2.75) is 0 Å². The van der Waals surface area contributed by atoms with E-state index in [0.717, 1.165) is 22.4 Å². The molecule has 0 amide bonds. The average molecular weight is 215 g/mol. The van der Waals surface area contributed by atoms with Gasteiger partial charge in [-0.05, 0) is 35.2 Å². The molecule has 0 aromatic carbocycles. The second kappa shape index (κ2) is 4.66. The Bertz CT molecular complexity index is 473. The van der Waals surface area contributed by atoms with Crippen LogP contribution in [0.3, 0.4) is 0 Å². The van der Waals surface area contributed by atoms with Gasteiger partial charge in [0, 0.05) is 6.20 Å². The van der Waals surface area contributed by atoms with Crippen LogP contribution in [0.15, 0.2) is 41.9 Å². The van der Waals surface area contributed by atoms with Crippen molar-refractivity contribution < 1.29 is 4.79 Å². The summed E-state index contributed by atoms with van der Waals surface area (Å²) in [5.74, 6) is 0. The minimum Gasteiger partial charge on any atom is -0.299 e. The first-order valence-corrected chi connectivity index (χ1v) is 5.40. The van der Waals surface area contributed by atoms with Crippen LogP contribution in [-0.2, 0) is 4.79 Å². The number of rotatable bonds is 3. The quantitative estimate of drug-likeness (QED) is 0.582. The maximum Gasteiger partial charge on any atom is 0.142 e. The summed E-state index contributed by atoms with van der Waals surface area (Å²) in [4.78, 5) is 15.5. The van der Waals surface area contributed by atoms with Gasteiger partial charge in [0.15, 0.2) is 0 Å². The van der Waals surface area contributed by atoms with Crippen molar-refractivity contribution >= 4 is 23.7 Å². The third-order valence-electron chi connectivity index (χ3n) is 1.90. The van der Waals surface area contributed by atoms with Crippen molar-refractivity contribution in [1.82, 2.24) is 4.98 Å². The third-order valence-corrected chi connectivity index (χ3v) is 2.88. The topological polar surface area (TPSA) is 30.0 Å². The molecule has 74 valence electrons. The van der Waals surface area contributed by atoms with Gasteiger partial charge in [-0.15, -0.1) is 11.3 Å².